The second-order valence-corrected chi connectivity index (χ2v) is 5.60. The van der Waals surface area contributed by atoms with Gasteiger partial charge in [-0.15, -0.1) is 0 Å². The summed E-state index contributed by atoms with van der Waals surface area (Å²) in [5.74, 6) is 1.56. The lowest BCUT2D eigenvalue weighted by molar-refractivity contribution is 0.0124. The molecule has 5 heteroatoms. The summed E-state index contributed by atoms with van der Waals surface area (Å²) < 4.78 is 11.1. The predicted molar refractivity (Wildman–Crippen MR) is 70.8 cm³/mol. The van der Waals surface area contributed by atoms with Crippen LogP contribution in [0.1, 0.15) is 62.7 Å². The van der Waals surface area contributed by atoms with E-state index in [0.29, 0.717) is 0 Å². The molecule has 3 heterocycles. The van der Waals surface area contributed by atoms with Crippen molar-refractivity contribution >= 4 is 0 Å². The van der Waals surface area contributed by atoms with Crippen LogP contribution in [-0.4, -0.2) is 29.4 Å². The minimum Gasteiger partial charge on any atom is -0.378 e. The molecule has 3 rings (SSSR count). The van der Waals surface area contributed by atoms with Crippen molar-refractivity contribution in [2.24, 2.45) is 0 Å². The van der Waals surface area contributed by atoms with Gasteiger partial charge in [-0.25, -0.2) is 0 Å². The normalized spacial score (nSPS) is 29.1. The molecule has 2 aliphatic heterocycles. The highest BCUT2D eigenvalue weighted by Crippen LogP contribution is 2.22. The molecule has 0 aliphatic carbocycles. The first-order valence-electron chi connectivity index (χ1n) is 7.59. The van der Waals surface area contributed by atoms with Gasteiger partial charge >= 0.3 is 0 Å². The van der Waals surface area contributed by atoms with E-state index in [1.807, 2.05) is 0 Å². The first-order valence-corrected chi connectivity index (χ1v) is 7.59. The van der Waals surface area contributed by atoms with Crippen LogP contribution < -0.4 is 5.32 Å². The third kappa shape index (κ3) is 3.54. The van der Waals surface area contributed by atoms with Gasteiger partial charge in [0.05, 0.1) is 18.6 Å². The molecular weight excluding hydrogens is 242 g/mol. The minimum absolute atomic E-state index is 0.268. The van der Waals surface area contributed by atoms with Crippen LogP contribution in [0.4, 0.5) is 0 Å². The molecule has 1 aromatic rings. The van der Waals surface area contributed by atoms with E-state index >= 15 is 0 Å². The van der Waals surface area contributed by atoms with E-state index in [1.54, 1.807) is 0 Å². The van der Waals surface area contributed by atoms with Gasteiger partial charge in [-0.3, -0.25) is 0 Å². The smallest absolute Gasteiger partial charge is 0.229 e. The molecule has 0 aromatic carbocycles. The Labute approximate surface area is 114 Å². The van der Waals surface area contributed by atoms with Gasteiger partial charge in [0.2, 0.25) is 5.89 Å². The van der Waals surface area contributed by atoms with Gasteiger partial charge < -0.3 is 14.6 Å². The average Bonchev–Trinajstić information content (AvgIpc) is 2.74. The van der Waals surface area contributed by atoms with Crippen LogP contribution in [0.25, 0.3) is 0 Å². The zero-order valence-corrected chi connectivity index (χ0v) is 11.4. The summed E-state index contributed by atoms with van der Waals surface area (Å²) in [7, 11) is 0. The van der Waals surface area contributed by atoms with E-state index in [9.17, 15) is 0 Å². The number of nitrogens with zero attached hydrogens (tertiary/aromatic N) is 2. The Morgan fingerprint density at radius 1 is 1.11 bits per heavy atom. The fourth-order valence-corrected chi connectivity index (χ4v) is 2.90. The fraction of sp³-hybridized carbons (Fsp3) is 0.857. The molecule has 2 unspecified atom stereocenters. The van der Waals surface area contributed by atoms with Crippen LogP contribution in [0.3, 0.4) is 0 Å². The topological polar surface area (TPSA) is 60.2 Å². The van der Waals surface area contributed by atoms with Crippen LogP contribution in [0, 0.1) is 0 Å². The lowest BCUT2D eigenvalue weighted by Crippen LogP contribution is -2.22. The maximum atomic E-state index is 5.71. The SMILES string of the molecule is C1CCNC(c2noc(CC3CCCCO3)n2)CC1. The molecule has 0 radical (unpaired) electrons. The maximum absolute atomic E-state index is 5.71. The molecule has 2 fully saturated rings. The molecular formula is C14H23N3O2. The predicted octanol–water partition coefficient (Wildman–Crippen LogP) is 2.39. The van der Waals surface area contributed by atoms with E-state index in [-0.39, 0.29) is 12.1 Å². The molecule has 5 nitrogen and oxygen atoms in total. The lowest BCUT2D eigenvalue weighted by Gasteiger charge is -2.20. The average molecular weight is 265 g/mol. The van der Waals surface area contributed by atoms with Gasteiger partial charge in [0, 0.05) is 6.61 Å². The van der Waals surface area contributed by atoms with Crippen LogP contribution in [0.2, 0.25) is 0 Å². The standard InChI is InChI=1S/C14H23N3O2/c1-2-7-12(15-8-4-1)14-16-13(19-17-14)10-11-6-3-5-9-18-11/h11-12,15H,1-10H2. The van der Waals surface area contributed by atoms with E-state index < -0.39 is 0 Å². The molecule has 0 saturated carbocycles. The van der Waals surface area contributed by atoms with Crippen LogP contribution >= 0.6 is 0 Å². The van der Waals surface area contributed by atoms with E-state index in [2.05, 4.69) is 15.5 Å². The lowest BCUT2D eigenvalue weighted by atomic mass is 10.1. The third-order valence-corrected chi connectivity index (χ3v) is 4.03. The van der Waals surface area contributed by atoms with Gasteiger partial charge in [-0.05, 0) is 38.6 Å². The summed E-state index contributed by atoms with van der Waals surface area (Å²) in [6.07, 6.45) is 9.46. The van der Waals surface area contributed by atoms with Crippen LogP contribution in [0.15, 0.2) is 4.52 Å². The summed E-state index contributed by atoms with van der Waals surface area (Å²) >= 11 is 0. The van der Waals surface area contributed by atoms with Crippen molar-refractivity contribution in [3.8, 4) is 0 Å². The number of rotatable bonds is 3. The van der Waals surface area contributed by atoms with Crippen molar-refractivity contribution in [3.05, 3.63) is 11.7 Å². The molecule has 2 atom stereocenters. The molecule has 106 valence electrons. The number of aromatic nitrogens is 2. The number of ether oxygens (including phenoxy) is 1. The molecule has 1 aromatic heterocycles. The van der Waals surface area contributed by atoms with E-state index in [0.717, 1.165) is 44.1 Å². The second kappa shape index (κ2) is 6.48. The minimum atomic E-state index is 0.268. The Kier molecular flexibility index (Phi) is 4.45. The summed E-state index contributed by atoms with van der Waals surface area (Å²) in [5, 5.41) is 7.64. The zero-order chi connectivity index (χ0) is 12.9. The molecule has 0 spiro atoms. The summed E-state index contributed by atoms with van der Waals surface area (Å²) in [4.78, 5) is 4.55. The Morgan fingerprint density at radius 3 is 2.95 bits per heavy atom. The molecule has 0 amide bonds. The molecule has 19 heavy (non-hydrogen) atoms. The van der Waals surface area contributed by atoms with Crippen molar-refractivity contribution in [1.82, 2.24) is 15.5 Å². The van der Waals surface area contributed by atoms with Crippen molar-refractivity contribution in [2.75, 3.05) is 13.2 Å². The van der Waals surface area contributed by atoms with Gasteiger partial charge in [0.1, 0.15) is 0 Å². The monoisotopic (exact) mass is 265 g/mol. The zero-order valence-electron chi connectivity index (χ0n) is 11.4. The summed E-state index contributed by atoms with van der Waals surface area (Å²) in [6, 6.07) is 0.271. The number of hydrogen-bond acceptors (Lipinski definition) is 5. The van der Waals surface area contributed by atoms with E-state index in [1.165, 1.54) is 32.1 Å². The maximum Gasteiger partial charge on any atom is 0.229 e. The van der Waals surface area contributed by atoms with Gasteiger partial charge in [0.15, 0.2) is 5.82 Å². The Hall–Kier alpha value is -0.940. The first kappa shape index (κ1) is 13.1. The third-order valence-electron chi connectivity index (χ3n) is 4.03. The van der Waals surface area contributed by atoms with Gasteiger partial charge in [-0.1, -0.05) is 18.0 Å². The quantitative estimate of drug-likeness (QED) is 0.909. The van der Waals surface area contributed by atoms with Crippen molar-refractivity contribution < 1.29 is 9.26 Å². The highest BCUT2D eigenvalue weighted by molar-refractivity contribution is 4.96. The molecule has 0 bridgehead atoms. The summed E-state index contributed by atoms with van der Waals surface area (Å²) in [6.45, 7) is 1.93. The first-order chi connectivity index (χ1) is 9.42. The molecule has 2 aliphatic rings. The van der Waals surface area contributed by atoms with Crippen LogP contribution in [0.5, 0.6) is 0 Å². The Morgan fingerprint density at radius 2 is 2.05 bits per heavy atom. The largest absolute Gasteiger partial charge is 0.378 e. The van der Waals surface area contributed by atoms with Gasteiger partial charge in [-0.2, -0.15) is 4.98 Å². The number of hydrogen-bond donors (Lipinski definition) is 1. The highest BCUT2D eigenvalue weighted by atomic mass is 16.5. The second-order valence-electron chi connectivity index (χ2n) is 5.60. The fourth-order valence-electron chi connectivity index (χ4n) is 2.90. The summed E-state index contributed by atoms with van der Waals surface area (Å²) in [5.41, 5.74) is 0. The number of nitrogens with one attached hydrogen (secondary N) is 1. The van der Waals surface area contributed by atoms with Crippen molar-refractivity contribution in [2.45, 2.75) is 63.5 Å². The molecule has 1 N–H and O–H groups in total. The Bertz CT molecular complexity index is 380. The van der Waals surface area contributed by atoms with Crippen molar-refractivity contribution in [3.63, 3.8) is 0 Å². The highest BCUT2D eigenvalue weighted by Gasteiger charge is 2.22. The van der Waals surface area contributed by atoms with E-state index in [4.69, 9.17) is 9.26 Å². The van der Waals surface area contributed by atoms with Crippen LogP contribution in [-0.2, 0) is 11.2 Å². The van der Waals surface area contributed by atoms with Gasteiger partial charge in [0.25, 0.3) is 0 Å². The Balaban J connectivity index is 1.58. The molecule has 2 saturated heterocycles. The van der Waals surface area contributed by atoms with Crippen molar-refractivity contribution in [1.29, 1.82) is 0 Å².